The number of hydrogen-bond donors (Lipinski definition) is 0. The van der Waals surface area contributed by atoms with Crippen molar-refractivity contribution in [3.05, 3.63) is 24.0 Å². The maximum atomic E-state index is 13.1. The molecule has 0 aliphatic carbocycles. The fraction of sp³-hybridized carbons (Fsp3) is 0.600. The van der Waals surface area contributed by atoms with Gasteiger partial charge in [0.25, 0.3) is 5.91 Å². The largest absolute Gasteiger partial charge is 0.466 e. The lowest BCUT2D eigenvalue weighted by molar-refractivity contribution is -0.149. The highest BCUT2D eigenvalue weighted by molar-refractivity contribution is 7.17. The van der Waals surface area contributed by atoms with Crippen LogP contribution in [0.4, 0.5) is 5.13 Å². The summed E-state index contributed by atoms with van der Waals surface area (Å²) in [7, 11) is 0. The molecular weight excluding hydrogens is 390 g/mol. The van der Waals surface area contributed by atoms with Crippen LogP contribution in [0.15, 0.2) is 18.3 Å². The number of aromatic nitrogens is 3. The first kappa shape index (κ1) is 19.9. The molecule has 156 valence electrons. The Hall–Kier alpha value is -2.42. The zero-order valence-electron chi connectivity index (χ0n) is 16.7. The summed E-state index contributed by atoms with van der Waals surface area (Å²) in [5.41, 5.74) is 0.584. The number of hydrogen-bond acceptors (Lipinski definition) is 7. The summed E-state index contributed by atoms with van der Waals surface area (Å²) in [6, 6.07) is 3.68. The SMILES string of the molecule is CCOC(=O)C1CCN(C(=O)c2cccn2-c2nnc(N3CCCCC3)s2)CC1. The Bertz CT molecular complexity index is 850. The van der Waals surface area contributed by atoms with Crippen molar-refractivity contribution in [1.82, 2.24) is 19.7 Å². The van der Waals surface area contributed by atoms with E-state index in [1.165, 1.54) is 30.6 Å². The number of nitrogens with zero attached hydrogens (tertiary/aromatic N) is 5. The van der Waals surface area contributed by atoms with Crippen molar-refractivity contribution in [2.24, 2.45) is 5.92 Å². The summed E-state index contributed by atoms with van der Waals surface area (Å²) < 4.78 is 6.94. The molecule has 0 aromatic carbocycles. The minimum atomic E-state index is -0.151. The van der Waals surface area contributed by atoms with Gasteiger partial charge in [0, 0.05) is 32.4 Å². The molecule has 1 amide bonds. The molecule has 9 heteroatoms. The lowest BCUT2D eigenvalue weighted by Gasteiger charge is -2.31. The maximum Gasteiger partial charge on any atom is 0.309 e. The van der Waals surface area contributed by atoms with Gasteiger partial charge in [-0.05, 0) is 51.2 Å². The van der Waals surface area contributed by atoms with Gasteiger partial charge in [0.15, 0.2) is 0 Å². The minimum absolute atomic E-state index is 0.0352. The molecule has 2 aliphatic heterocycles. The van der Waals surface area contributed by atoms with Gasteiger partial charge in [-0.25, -0.2) is 0 Å². The second kappa shape index (κ2) is 8.94. The third kappa shape index (κ3) is 4.29. The lowest BCUT2D eigenvalue weighted by Crippen LogP contribution is -2.41. The molecule has 2 aromatic heterocycles. The topological polar surface area (TPSA) is 80.6 Å². The third-order valence-electron chi connectivity index (χ3n) is 5.61. The average molecular weight is 418 g/mol. The first-order chi connectivity index (χ1) is 14.2. The summed E-state index contributed by atoms with van der Waals surface area (Å²) in [4.78, 5) is 29.1. The van der Waals surface area contributed by atoms with E-state index in [2.05, 4.69) is 15.1 Å². The fourth-order valence-electron chi connectivity index (χ4n) is 3.98. The lowest BCUT2D eigenvalue weighted by atomic mass is 9.97. The molecule has 0 atom stereocenters. The van der Waals surface area contributed by atoms with Crippen molar-refractivity contribution in [2.45, 2.75) is 39.0 Å². The number of likely N-dealkylation sites (tertiary alicyclic amines) is 1. The number of carbonyl (C=O) groups excluding carboxylic acids is 2. The van der Waals surface area contributed by atoms with Gasteiger partial charge in [-0.1, -0.05) is 11.3 Å². The first-order valence-electron chi connectivity index (χ1n) is 10.4. The molecule has 0 saturated carbocycles. The number of anilines is 1. The van der Waals surface area contributed by atoms with Gasteiger partial charge in [0.2, 0.25) is 10.3 Å². The van der Waals surface area contributed by atoms with E-state index in [4.69, 9.17) is 4.74 Å². The normalized spacial score (nSPS) is 18.1. The van der Waals surface area contributed by atoms with E-state index in [0.29, 0.717) is 43.4 Å². The summed E-state index contributed by atoms with van der Waals surface area (Å²) in [6.07, 6.45) is 6.78. The Morgan fingerprint density at radius 3 is 2.55 bits per heavy atom. The number of amides is 1. The van der Waals surface area contributed by atoms with Gasteiger partial charge in [0.1, 0.15) is 5.69 Å². The first-order valence-corrected chi connectivity index (χ1v) is 11.2. The highest BCUT2D eigenvalue weighted by Crippen LogP contribution is 2.28. The van der Waals surface area contributed by atoms with E-state index in [-0.39, 0.29) is 17.8 Å². The summed E-state index contributed by atoms with van der Waals surface area (Å²) >= 11 is 1.52. The Morgan fingerprint density at radius 2 is 1.83 bits per heavy atom. The molecule has 2 fully saturated rings. The highest BCUT2D eigenvalue weighted by atomic mass is 32.1. The average Bonchev–Trinajstić information content (AvgIpc) is 3.44. The monoisotopic (exact) mass is 417 g/mol. The van der Waals surface area contributed by atoms with Gasteiger partial charge in [-0.2, -0.15) is 0 Å². The molecule has 4 heterocycles. The van der Waals surface area contributed by atoms with E-state index in [1.54, 1.807) is 0 Å². The van der Waals surface area contributed by atoms with Crippen LogP contribution in [0.1, 0.15) is 49.5 Å². The number of rotatable bonds is 5. The predicted octanol–water partition coefficient (Wildman–Crippen LogP) is 2.73. The van der Waals surface area contributed by atoms with Crippen molar-refractivity contribution < 1.29 is 14.3 Å². The molecule has 4 rings (SSSR count). The molecule has 29 heavy (non-hydrogen) atoms. The van der Waals surface area contributed by atoms with E-state index < -0.39 is 0 Å². The second-order valence-electron chi connectivity index (χ2n) is 7.50. The van der Waals surface area contributed by atoms with Gasteiger partial charge < -0.3 is 14.5 Å². The van der Waals surface area contributed by atoms with Gasteiger partial charge >= 0.3 is 5.97 Å². The summed E-state index contributed by atoms with van der Waals surface area (Å²) in [6.45, 7) is 5.36. The van der Waals surface area contributed by atoms with Crippen molar-refractivity contribution in [1.29, 1.82) is 0 Å². The van der Waals surface area contributed by atoms with E-state index in [9.17, 15) is 9.59 Å². The van der Waals surface area contributed by atoms with Crippen molar-refractivity contribution >= 4 is 28.3 Å². The molecule has 0 N–H and O–H groups in total. The van der Waals surface area contributed by atoms with Gasteiger partial charge in [0.05, 0.1) is 12.5 Å². The summed E-state index contributed by atoms with van der Waals surface area (Å²) in [5, 5.41) is 10.3. The highest BCUT2D eigenvalue weighted by Gasteiger charge is 2.30. The molecular formula is C20H27N5O3S. The van der Waals surface area contributed by atoms with Gasteiger partial charge in [-0.3, -0.25) is 14.2 Å². The Morgan fingerprint density at radius 1 is 1.10 bits per heavy atom. The third-order valence-corrected chi connectivity index (χ3v) is 6.59. The molecule has 2 saturated heterocycles. The van der Waals surface area contributed by atoms with E-state index in [0.717, 1.165) is 18.2 Å². The Kier molecular flexibility index (Phi) is 6.13. The molecule has 2 aromatic rings. The van der Waals surface area contributed by atoms with Crippen LogP contribution in [0.25, 0.3) is 5.13 Å². The zero-order valence-corrected chi connectivity index (χ0v) is 17.6. The van der Waals surface area contributed by atoms with Crippen molar-refractivity contribution in [2.75, 3.05) is 37.7 Å². The van der Waals surface area contributed by atoms with Crippen LogP contribution >= 0.6 is 11.3 Å². The molecule has 2 aliphatic rings. The number of esters is 1. The minimum Gasteiger partial charge on any atom is -0.466 e. The maximum absolute atomic E-state index is 13.1. The zero-order chi connectivity index (χ0) is 20.2. The fourth-order valence-corrected chi connectivity index (χ4v) is 4.88. The molecule has 0 unspecified atom stereocenters. The van der Waals surface area contributed by atoms with Crippen molar-refractivity contribution in [3.8, 4) is 5.13 Å². The van der Waals surface area contributed by atoms with Crippen LogP contribution in [0.3, 0.4) is 0 Å². The molecule has 0 bridgehead atoms. The van der Waals surface area contributed by atoms with Crippen LogP contribution in [-0.2, 0) is 9.53 Å². The van der Waals surface area contributed by atoms with Crippen LogP contribution in [-0.4, -0.2) is 64.3 Å². The summed E-state index contributed by atoms with van der Waals surface area (Å²) in [5.74, 6) is -0.296. The Balaban J connectivity index is 1.43. The van der Waals surface area contributed by atoms with Gasteiger partial charge in [-0.15, -0.1) is 10.2 Å². The van der Waals surface area contributed by atoms with Crippen LogP contribution in [0.5, 0.6) is 0 Å². The number of carbonyl (C=O) groups is 2. The van der Waals surface area contributed by atoms with E-state index in [1.807, 2.05) is 34.7 Å². The Labute approximate surface area is 174 Å². The molecule has 0 spiro atoms. The standard InChI is InChI=1S/C20H27N5O3S/c1-2-28-18(27)15-8-13-23(14-9-15)17(26)16-7-6-12-25(16)20-22-21-19(29-20)24-10-4-3-5-11-24/h6-7,12,15H,2-5,8-11,13-14H2,1H3. The van der Waals surface area contributed by atoms with Crippen molar-refractivity contribution in [3.63, 3.8) is 0 Å². The van der Waals surface area contributed by atoms with Crippen LogP contribution < -0.4 is 4.90 Å². The molecule has 0 radical (unpaired) electrons. The molecule has 8 nitrogen and oxygen atoms in total. The van der Waals surface area contributed by atoms with E-state index >= 15 is 0 Å². The smallest absolute Gasteiger partial charge is 0.309 e. The van der Waals surface area contributed by atoms with Crippen LogP contribution in [0.2, 0.25) is 0 Å². The second-order valence-corrected chi connectivity index (χ2v) is 8.43. The number of ether oxygens (including phenoxy) is 1. The number of piperidine rings is 2. The predicted molar refractivity (Wildman–Crippen MR) is 111 cm³/mol. The van der Waals surface area contributed by atoms with Crippen LogP contribution in [0, 0.1) is 5.92 Å². The quantitative estimate of drug-likeness (QED) is 0.696.